The number of hydrogen-bond donors (Lipinski definition) is 5. The maximum absolute atomic E-state index is 12.9. The molecule has 47 heavy (non-hydrogen) atoms. The van der Waals surface area contributed by atoms with E-state index in [-0.39, 0.29) is 11.6 Å². The summed E-state index contributed by atoms with van der Waals surface area (Å²) >= 11 is 0. The van der Waals surface area contributed by atoms with Gasteiger partial charge in [0.05, 0.1) is 17.3 Å². The first-order valence-electron chi connectivity index (χ1n) is 15.6. The minimum absolute atomic E-state index is 0.238. The number of benzene rings is 5. The number of fused-ring (bicyclic) bond motifs is 1. The lowest BCUT2D eigenvalue weighted by molar-refractivity contribution is 0.176. The second-order valence-corrected chi connectivity index (χ2v) is 11.2. The van der Waals surface area contributed by atoms with Gasteiger partial charge in [-0.15, -0.1) is 0 Å². The maximum atomic E-state index is 12.9. The monoisotopic (exact) mass is 624 g/mol. The highest BCUT2D eigenvalue weighted by molar-refractivity contribution is 6.02. The first-order valence-corrected chi connectivity index (χ1v) is 15.6. The van der Waals surface area contributed by atoms with E-state index in [2.05, 4.69) is 20.9 Å². The molecule has 1 heterocycles. The number of nitrogens with one attached hydrogen (secondary N) is 4. The Morgan fingerprint density at radius 2 is 1.51 bits per heavy atom. The van der Waals surface area contributed by atoms with E-state index in [0.29, 0.717) is 48.6 Å². The van der Waals surface area contributed by atoms with Crippen LogP contribution in [0, 0.1) is 0 Å². The fourth-order valence-electron chi connectivity index (χ4n) is 5.53. The van der Waals surface area contributed by atoms with Gasteiger partial charge in [0.1, 0.15) is 12.4 Å². The van der Waals surface area contributed by atoms with Crippen LogP contribution in [0.4, 0.5) is 16.2 Å². The SMILES string of the molecule is O=C(Nc1cccc(CCNC[C@@H](O)c2ccc(OCc3ccccc3)c3[nH]c(=O)ccc23)c1)Nc1ccccc1-c1ccccc1. The molecule has 6 rings (SSSR count). The average Bonchev–Trinajstić information content (AvgIpc) is 3.10. The molecule has 0 saturated heterocycles. The van der Waals surface area contributed by atoms with E-state index in [1.54, 1.807) is 12.1 Å². The van der Waals surface area contributed by atoms with Crippen molar-refractivity contribution in [3.63, 3.8) is 0 Å². The van der Waals surface area contributed by atoms with E-state index in [9.17, 15) is 14.7 Å². The first kappa shape index (κ1) is 31.3. The van der Waals surface area contributed by atoms with Gasteiger partial charge in [0.15, 0.2) is 0 Å². The normalized spacial score (nSPS) is 11.6. The number of amides is 2. The summed E-state index contributed by atoms with van der Waals surface area (Å²) in [5.74, 6) is 0.549. The van der Waals surface area contributed by atoms with E-state index in [4.69, 9.17) is 4.74 Å². The molecular formula is C39H36N4O4. The number of H-pyrrole nitrogens is 1. The molecule has 8 nitrogen and oxygen atoms in total. The zero-order valence-corrected chi connectivity index (χ0v) is 25.8. The van der Waals surface area contributed by atoms with Crippen LogP contribution in [0.3, 0.4) is 0 Å². The Morgan fingerprint density at radius 3 is 2.34 bits per heavy atom. The lowest BCUT2D eigenvalue weighted by atomic mass is 10.0. The van der Waals surface area contributed by atoms with Crippen LogP contribution in [0.2, 0.25) is 0 Å². The second kappa shape index (κ2) is 15.1. The van der Waals surface area contributed by atoms with Crippen molar-refractivity contribution < 1.29 is 14.6 Å². The van der Waals surface area contributed by atoms with Crippen molar-refractivity contribution >= 4 is 28.3 Å². The summed E-state index contributed by atoms with van der Waals surface area (Å²) in [4.78, 5) is 27.9. The van der Waals surface area contributed by atoms with Crippen LogP contribution in [-0.2, 0) is 13.0 Å². The molecule has 236 valence electrons. The predicted molar refractivity (Wildman–Crippen MR) is 188 cm³/mol. The highest BCUT2D eigenvalue weighted by Gasteiger charge is 2.15. The van der Waals surface area contributed by atoms with Crippen molar-refractivity contribution in [2.24, 2.45) is 0 Å². The Morgan fingerprint density at radius 1 is 0.766 bits per heavy atom. The minimum Gasteiger partial charge on any atom is -0.487 e. The van der Waals surface area contributed by atoms with Crippen molar-refractivity contribution in [2.45, 2.75) is 19.1 Å². The number of hydrogen-bond acceptors (Lipinski definition) is 5. The summed E-state index contributed by atoms with van der Waals surface area (Å²) in [6.45, 7) is 1.30. The molecule has 5 N–H and O–H groups in total. The van der Waals surface area contributed by atoms with Gasteiger partial charge in [0, 0.05) is 29.2 Å². The number of carbonyl (C=O) groups is 1. The van der Waals surface area contributed by atoms with E-state index in [1.807, 2.05) is 115 Å². The van der Waals surface area contributed by atoms with Crippen LogP contribution >= 0.6 is 0 Å². The highest BCUT2D eigenvalue weighted by Crippen LogP contribution is 2.30. The summed E-state index contributed by atoms with van der Waals surface area (Å²) < 4.78 is 6.03. The number of para-hydroxylation sites is 1. The fraction of sp³-hybridized carbons (Fsp3) is 0.128. The molecule has 0 unspecified atom stereocenters. The van der Waals surface area contributed by atoms with Crippen LogP contribution in [0.5, 0.6) is 5.75 Å². The van der Waals surface area contributed by atoms with Gasteiger partial charge in [-0.2, -0.15) is 0 Å². The molecular weight excluding hydrogens is 588 g/mol. The maximum Gasteiger partial charge on any atom is 0.323 e. The number of pyridine rings is 1. The molecule has 0 saturated carbocycles. The molecule has 0 radical (unpaired) electrons. The number of aromatic nitrogens is 1. The molecule has 1 aromatic heterocycles. The van der Waals surface area contributed by atoms with E-state index in [0.717, 1.165) is 33.3 Å². The molecule has 5 aromatic carbocycles. The first-order chi connectivity index (χ1) is 23.0. The Bertz CT molecular complexity index is 2010. The van der Waals surface area contributed by atoms with Crippen molar-refractivity contribution in [3.8, 4) is 16.9 Å². The molecule has 8 heteroatoms. The zero-order valence-electron chi connectivity index (χ0n) is 25.8. The van der Waals surface area contributed by atoms with Gasteiger partial charge < -0.3 is 30.8 Å². The van der Waals surface area contributed by atoms with Crippen LogP contribution in [0.25, 0.3) is 22.0 Å². The van der Waals surface area contributed by atoms with Crippen LogP contribution in [-0.4, -0.2) is 29.2 Å². The van der Waals surface area contributed by atoms with Gasteiger partial charge >= 0.3 is 6.03 Å². The fourth-order valence-corrected chi connectivity index (χ4v) is 5.53. The lowest BCUT2D eigenvalue weighted by Gasteiger charge is -2.17. The zero-order chi connectivity index (χ0) is 32.4. The smallest absolute Gasteiger partial charge is 0.323 e. The van der Waals surface area contributed by atoms with Crippen LogP contribution in [0.1, 0.15) is 22.8 Å². The Hall–Kier alpha value is -5.70. The third-order valence-corrected chi connectivity index (χ3v) is 7.86. The van der Waals surface area contributed by atoms with Crippen molar-refractivity contribution in [2.75, 3.05) is 23.7 Å². The lowest BCUT2D eigenvalue weighted by Crippen LogP contribution is -2.24. The van der Waals surface area contributed by atoms with E-state index in [1.165, 1.54) is 6.07 Å². The Kier molecular flexibility index (Phi) is 10.0. The molecule has 0 spiro atoms. The summed E-state index contributed by atoms with van der Waals surface area (Å²) in [5.41, 5.74) is 6.45. The van der Waals surface area contributed by atoms with Crippen molar-refractivity contribution in [1.29, 1.82) is 0 Å². The summed E-state index contributed by atoms with van der Waals surface area (Å²) in [5, 5.41) is 21.1. The third-order valence-electron chi connectivity index (χ3n) is 7.86. The van der Waals surface area contributed by atoms with Gasteiger partial charge in [-0.3, -0.25) is 4.79 Å². The van der Waals surface area contributed by atoms with Crippen molar-refractivity contribution in [1.82, 2.24) is 10.3 Å². The van der Waals surface area contributed by atoms with E-state index >= 15 is 0 Å². The number of anilines is 2. The number of urea groups is 1. The quantitative estimate of drug-likeness (QED) is 0.0918. The number of aliphatic hydroxyl groups excluding tert-OH is 1. The van der Waals surface area contributed by atoms with Crippen molar-refractivity contribution in [3.05, 3.63) is 161 Å². The molecule has 1 atom stereocenters. The molecule has 0 fully saturated rings. The third kappa shape index (κ3) is 8.12. The topological polar surface area (TPSA) is 115 Å². The molecule has 0 bridgehead atoms. The van der Waals surface area contributed by atoms with Gasteiger partial charge in [-0.1, -0.05) is 97.1 Å². The summed E-state index contributed by atoms with van der Waals surface area (Å²) in [6.07, 6.45) is -0.108. The molecule has 0 aliphatic rings. The van der Waals surface area contributed by atoms with Gasteiger partial charge in [0.25, 0.3) is 0 Å². The average molecular weight is 625 g/mol. The number of ether oxygens (including phenoxy) is 1. The van der Waals surface area contributed by atoms with Crippen LogP contribution in [0.15, 0.2) is 138 Å². The Labute approximate surface area is 273 Å². The number of rotatable bonds is 12. The standard InChI is InChI=1S/C39H36N4O4/c44-35(32-18-20-36(38-33(32)19-21-37(45)43-38)47-26-28-10-3-1-4-11-28)25-40-23-22-27-12-9-15-30(24-27)41-39(46)42-34-17-8-7-16-31(34)29-13-5-2-6-14-29/h1-21,24,35,40,44H,22-23,25-26H2,(H,43,45)(H2,41,42,46)/t35-/m1/s1. The molecule has 0 aliphatic carbocycles. The number of aromatic amines is 1. The predicted octanol–water partition coefficient (Wildman–Crippen LogP) is 7.28. The largest absolute Gasteiger partial charge is 0.487 e. The van der Waals surface area contributed by atoms with Gasteiger partial charge in [-0.25, -0.2) is 4.79 Å². The highest BCUT2D eigenvalue weighted by atomic mass is 16.5. The molecule has 2 amide bonds. The second-order valence-electron chi connectivity index (χ2n) is 11.2. The Balaban J connectivity index is 1.03. The summed E-state index contributed by atoms with van der Waals surface area (Å²) in [6, 6.07) is 41.6. The molecule has 0 aliphatic heterocycles. The molecule has 6 aromatic rings. The van der Waals surface area contributed by atoms with Gasteiger partial charge in [0.2, 0.25) is 5.56 Å². The van der Waals surface area contributed by atoms with E-state index < -0.39 is 6.10 Å². The minimum atomic E-state index is -0.804. The number of carbonyl (C=O) groups excluding carboxylic acids is 1. The number of aliphatic hydroxyl groups is 1. The van der Waals surface area contributed by atoms with Gasteiger partial charge in [-0.05, 0) is 65.6 Å². The summed E-state index contributed by atoms with van der Waals surface area (Å²) in [7, 11) is 0. The van der Waals surface area contributed by atoms with Crippen LogP contribution < -0.4 is 26.2 Å².